The number of para-hydroxylation sites is 1. The molecular weight excluding hydrogens is 226 g/mol. The Morgan fingerprint density at radius 1 is 1.20 bits per heavy atom. The minimum absolute atomic E-state index is 0.957. The number of nitrogens with zero attached hydrogens (tertiary/aromatic N) is 3. The van der Waals surface area contributed by atoms with Gasteiger partial charge in [0.2, 0.25) is 0 Å². The van der Waals surface area contributed by atoms with Gasteiger partial charge in [-0.15, -0.1) is 16.4 Å². The average Bonchev–Trinajstić information content (AvgIpc) is 2.82. The van der Waals surface area contributed by atoms with E-state index in [4.69, 9.17) is 0 Å². The molecule has 3 nitrogen and oxygen atoms in total. The molecule has 0 unspecified atom stereocenters. The fourth-order valence-corrected chi connectivity index (χ4v) is 3.13. The van der Waals surface area contributed by atoms with Crippen LogP contribution in [0.25, 0.3) is 20.1 Å². The molecule has 0 amide bonds. The molecule has 0 N–H and O–H groups in total. The largest absolute Gasteiger partial charge is 0.235 e. The Labute approximate surface area is 94.6 Å². The van der Waals surface area contributed by atoms with Crippen LogP contribution in [0.2, 0.25) is 0 Å². The van der Waals surface area contributed by atoms with E-state index >= 15 is 0 Å². The quantitative estimate of drug-likeness (QED) is 0.648. The van der Waals surface area contributed by atoms with Crippen LogP contribution < -0.4 is 0 Å². The second-order valence-electron chi connectivity index (χ2n) is 3.17. The fourth-order valence-electron chi connectivity index (χ4n) is 1.40. The first-order chi connectivity index (χ1) is 7.34. The minimum Gasteiger partial charge on any atom is -0.235 e. The molecular formula is C10H7N3S2. The van der Waals surface area contributed by atoms with E-state index in [0.29, 0.717) is 0 Å². The van der Waals surface area contributed by atoms with Crippen molar-refractivity contribution in [2.75, 3.05) is 0 Å². The van der Waals surface area contributed by atoms with E-state index in [2.05, 4.69) is 20.6 Å². The second-order valence-corrected chi connectivity index (χ2v) is 4.96. The summed E-state index contributed by atoms with van der Waals surface area (Å²) in [5, 5.41) is 5.02. The SMILES string of the molecule is Cc1nnsc1-c1nc2ccccc2s1. The van der Waals surface area contributed by atoms with Crippen molar-refractivity contribution in [2.24, 2.45) is 0 Å². The van der Waals surface area contributed by atoms with E-state index in [1.165, 1.54) is 16.2 Å². The molecule has 15 heavy (non-hydrogen) atoms. The van der Waals surface area contributed by atoms with Gasteiger partial charge in [0, 0.05) is 0 Å². The van der Waals surface area contributed by atoms with Gasteiger partial charge in [0.05, 0.1) is 15.9 Å². The monoisotopic (exact) mass is 233 g/mol. The van der Waals surface area contributed by atoms with E-state index in [-0.39, 0.29) is 0 Å². The minimum atomic E-state index is 0.957. The van der Waals surface area contributed by atoms with Gasteiger partial charge in [-0.05, 0) is 30.6 Å². The number of hydrogen-bond acceptors (Lipinski definition) is 5. The number of aryl methyl sites for hydroxylation is 1. The summed E-state index contributed by atoms with van der Waals surface area (Å²) in [4.78, 5) is 5.64. The summed E-state index contributed by atoms with van der Waals surface area (Å²) >= 11 is 3.09. The second kappa shape index (κ2) is 3.36. The van der Waals surface area contributed by atoms with Crippen LogP contribution in [-0.2, 0) is 0 Å². The highest BCUT2D eigenvalue weighted by atomic mass is 32.1. The van der Waals surface area contributed by atoms with Crippen LogP contribution in [0.4, 0.5) is 0 Å². The van der Waals surface area contributed by atoms with Crippen molar-refractivity contribution < 1.29 is 0 Å². The summed E-state index contributed by atoms with van der Waals surface area (Å²) in [7, 11) is 0. The van der Waals surface area contributed by atoms with Crippen LogP contribution in [0.15, 0.2) is 24.3 Å². The first kappa shape index (κ1) is 8.94. The van der Waals surface area contributed by atoms with Gasteiger partial charge in [-0.2, -0.15) is 0 Å². The molecule has 0 bridgehead atoms. The molecule has 0 saturated heterocycles. The van der Waals surface area contributed by atoms with Gasteiger partial charge in [0.25, 0.3) is 0 Å². The molecule has 0 atom stereocenters. The van der Waals surface area contributed by atoms with E-state index in [9.17, 15) is 0 Å². The molecule has 3 rings (SSSR count). The Bertz CT molecular complexity index is 579. The standard InChI is InChI=1S/C10H7N3S2/c1-6-9(15-13-12-6)10-11-7-4-2-3-5-8(7)14-10/h2-5H,1H3. The van der Waals surface area contributed by atoms with E-state index < -0.39 is 0 Å². The fraction of sp³-hybridized carbons (Fsp3) is 0.100. The van der Waals surface area contributed by atoms with Crippen molar-refractivity contribution in [2.45, 2.75) is 6.92 Å². The zero-order chi connectivity index (χ0) is 10.3. The Morgan fingerprint density at radius 3 is 2.80 bits per heavy atom. The Kier molecular flexibility index (Phi) is 2.00. The van der Waals surface area contributed by atoms with Gasteiger partial charge < -0.3 is 0 Å². The normalized spacial score (nSPS) is 11.0. The maximum Gasteiger partial charge on any atom is 0.138 e. The zero-order valence-corrected chi connectivity index (χ0v) is 9.60. The van der Waals surface area contributed by atoms with Crippen molar-refractivity contribution >= 4 is 33.1 Å². The summed E-state index contributed by atoms with van der Waals surface area (Å²) in [6.45, 7) is 1.96. The summed E-state index contributed by atoms with van der Waals surface area (Å²) in [6.07, 6.45) is 0. The van der Waals surface area contributed by atoms with Crippen LogP contribution >= 0.6 is 22.9 Å². The molecule has 74 valence electrons. The lowest BCUT2D eigenvalue weighted by molar-refractivity contribution is 1.09. The number of aromatic nitrogens is 3. The molecule has 0 aliphatic carbocycles. The number of fused-ring (bicyclic) bond motifs is 1. The van der Waals surface area contributed by atoms with Crippen molar-refractivity contribution in [1.29, 1.82) is 0 Å². The Balaban J connectivity index is 2.24. The summed E-state index contributed by atoms with van der Waals surface area (Å²) in [5.41, 5.74) is 2.00. The van der Waals surface area contributed by atoms with E-state index in [1.807, 2.05) is 25.1 Å². The van der Waals surface area contributed by atoms with E-state index in [1.54, 1.807) is 11.3 Å². The van der Waals surface area contributed by atoms with Crippen molar-refractivity contribution in [3.63, 3.8) is 0 Å². The zero-order valence-electron chi connectivity index (χ0n) is 7.97. The number of thiazole rings is 1. The summed E-state index contributed by atoms with van der Waals surface area (Å²) in [5.74, 6) is 0. The summed E-state index contributed by atoms with van der Waals surface area (Å²) < 4.78 is 5.14. The summed E-state index contributed by atoms with van der Waals surface area (Å²) in [6, 6.07) is 8.14. The molecule has 0 aliphatic heterocycles. The van der Waals surface area contributed by atoms with Gasteiger partial charge in [-0.25, -0.2) is 4.98 Å². The van der Waals surface area contributed by atoms with Gasteiger partial charge in [-0.1, -0.05) is 16.6 Å². The molecule has 1 aromatic carbocycles. The number of benzene rings is 1. The molecule has 0 saturated carbocycles. The third-order valence-electron chi connectivity index (χ3n) is 2.14. The van der Waals surface area contributed by atoms with Gasteiger partial charge in [-0.3, -0.25) is 0 Å². The molecule has 5 heteroatoms. The molecule has 2 aromatic heterocycles. The first-order valence-electron chi connectivity index (χ1n) is 4.49. The third kappa shape index (κ3) is 1.44. The van der Waals surface area contributed by atoms with Crippen molar-refractivity contribution in [3.8, 4) is 9.88 Å². The highest BCUT2D eigenvalue weighted by molar-refractivity contribution is 7.24. The Hall–Kier alpha value is -1.33. The molecule has 0 radical (unpaired) electrons. The highest BCUT2D eigenvalue weighted by Crippen LogP contribution is 2.32. The maximum atomic E-state index is 4.56. The molecule has 0 fully saturated rings. The van der Waals surface area contributed by atoms with Crippen molar-refractivity contribution in [3.05, 3.63) is 30.0 Å². The predicted octanol–water partition coefficient (Wildman–Crippen LogP) is 3.12. The van der Waals surface area contributed by atoms with Gasteiger partial charge in [0.1, 0.15) is 9.88 Å². The molecule has 3 aromatic rings. The first-order valence-corrected chi connectivity index (χ1v) is 6.08. The lowest BCUT2D eigenvalue weighted by Gasteiger charge is -1.86. The van der Waals surface area contributed by atoms with Gasteiger partial charge >= 0.3 is 0 Å². The Morgan fingerprint density at radius 2 is 2.07 bits per heavy atom. The third-order valence-corrected chi connectivity index (χ3v) is 4.16. The van der Waals surface area contributed by atoms with Crippen molar-refractivity contribution in [1.82, 2.24) is 14.6 Å². The van der Waals surface area contributed by atoms with Crippen LogP contribution in [0, 0.1) is 6.92 Å². The topological polar surface area (TPSA) is 38.7 Å². The predicted molar refractivity (Wildman–Crippen MR) is 63.3 cm³/mol. The van der Waals surface area contributed by atoms with Crippen LogP contribution in [0.1, 0.15) is 5.69 Å². The number of rotatable bonds is 1. The lowest BCUT2D eigenvalue weighted by Crippen LogP contribution is -1.75. The highest BCUT2D eigenvalue weighted by Gasteiger charge is 2.11. The molecule has 0 aliphatic rings. The number of hydrogen-bond donors (Lipinski definition) is 0. The lowest BCUT2D eigenvalue weighted by atomic mass is 10.3. The van der Waals surface area contributed by atoms with E-state index in [0.717, 1.165) is 21.1 Å². The van der Waals surface area contributed by atoms with Crippen LogP contribution in [0.3, 0.4) is 0 Å². The van der Waals surface area contributed by atoms with Gasteiger partial charge in [0.15, 0.2) is 0 Å². The molecule has 0 spiro atoms. The molecule has 2 heterocycles. The maximum absolute atomic E-state index is 4.56. The average molecular weight is 233 g/mol. The van der Waals surface area contributed by atoms with Crippen LogP contribution in [-0.4, -0.2) is 14.6 Å². The van der Waals surface area contributed by atoms with Crippen LogP contribution in [0.5, 0.6) is 0 Å². The smallest absolute Gasteiger partial charge is 0.138 e.